The van der Waals surface area contributed by atoms with Crippen LogP contribution >= 0.6 is 0 Å². The molecule has 1 aromatic carbocycles. The van der Waals surface area contributed by atoms with Gasteiger partial charge in [-0.3, -0.25) is 4.79 Å². The van der Waals surface area contributed by atoms with Crippen molar-refractivity contribution in [1.29, 1.82) is 0 Å². The fourth-order valence-electron chi connectivity index (χ4n) is 5.31. The Bertz CT molecular complexity index is 642. The Labute approximate surface area is 161 Å². The van der Waals surface area contributed by atoms with E-state index in [2.05, 4.69) is 6.92 Å². The van der Waals surface area contributed by atoms with E-state index in [1.165, 1.54) is 57.8 Å². The van der Waals surface area contributed by atoms with Gasteiger partial charge < -0.3 is 4.74 Å². The molecule has 3 rings (SSSR count). The summed E-state index contributed by atoms with van der Waals surface area (Å²) in [6.45, 7) is 2.27. The maximum Gasteiger partial charge on any atom is 0.201 e. The number of halogens is 2. The molecule has 4 heteroatoms. The molecular weight excluding hydrogens is 346 g/mol. The fourth-order valence-corrected chi connectivity index (χ4v) is 5.31. The van der Waals surface area contributed by atoms with Crippen LogP contribution in [0.25, 0.3) is 0 Å². The first-order chi connectivity index (χ1) is 13.0. The summed E-state index contributed by atoms with van der Waals surface area (Å²) in [5.74, 6) is -0.322. The van der Waals surface area contributed by atoms with Crippen LogP contribution in [-0.2, 0) is 0 Å². The predicted molar refractivity (Wildman–Crippen MR) is 103 cm³/mol. The molecule has 0 amide bonds. The van der Waals surface area contributed by atoms with Gasteiger partial charge in [-0.15, -0.1) is 0 Å². The number of hydrogen-bond acceptors (Lipinski definition) is 2. The Morgan fingerprint density at radius 2 is 1.56 bits per heavy atom. The Kier molecular flexibility index (Phi) is 6.88. The molecule has 2 aliphatic rings. The van der Waals surface area contributed by atoms with Crippen molar-refractivity contribution in [2.24, 2.45) is 23.7 Å². The second kappa shape index (κ2) is 9.16. The molecule has 0 radical (unpaired) electrons. The highest BCUT2D eigenvalue weighted by Crippen LogP contribution is 2.43. The summed E-state index contributed by atoms with van der Waals surface area (Å²) < 4.78 is 33.0. The number of ether oxygens (including phenoxy) is 1. The molecule has 0 atom stereocenters. The van der Waals surface area contributed by atoms with Gasteiger partial charge in [0.2, 0.25) is 5.82 Å². The summed E-state index contributed by atoms with van der Waals surface area (Å²) >= 11 is 0. The number of methoxy groups -OCH3 is 1. The lowest BCUT2D eigenvalue weighted by Crippen LogP contribution is -2.28. The zero-order valence-electron chi connectivity index (χ0n) is 16.6. The van der Waals surface area contributed by atoms with Crippen LogP contribution in [0.3, 0.4) is 0 Å². The molecule has 2 saturated carbocycles. The smallest absolute Gasteiger partial charge is 0.201 e. The van der Waals surface area contributed by atoms with Crippen molar-refractivity contribution >= 4 is 5.78 Å². The number of hydrogen-bond donors (Lipinski definition) is 0. The van der Waals surface area contributed by atoms with Crippen LogP contribution in [0.1, 0.15) is 81.5 Å². The third-order valence-corrected chi connectivity index (χ3v) is 6.93. The standard InChI is InChI=1S/C23H32F2O2/c1-3-4-15-5-7-16(8-6-15)17-9-11-18(12-10-17)23(26)19-13-14-20(27-2)22(25)21(19)24/h13-18H,3-12H2,1-2H3. The summed E-state index contributed by atoms with van der Waals surface area (Å²) in [4.78, 5) is 12.7. The normalized spacial score (nSPS) is 28.7. The van der Waals surface area contributed by atoms with E-state index in [-0.39, 0.29) is 23.0 Å². The molecule has 1 aromatic rings. The highest BCUT2D eigenvalue weighted by molar-refractivity contribution is 5.98. The molecule has 27 heavy (non-hydrogen) atoms. The Morgan fingerprint density at radius 1 is 0.963 bits per heavy atom. The number of carbonyl (C=O) groups excluding carboxylic acids is 1. The fraction of sp³-hybridized carbons (Fsp3) is 0.696. The summed E-state index contributed by atoms with van der Waals surface area (Å²) in [6.07, 6.45) is 11.7. The van der Waals surface area contributed by atoms with Crippen molar-refractivity contribution in [3.63, 3.8) is 0 Å². The predicted octanol–water partition coefficient (Wildman–Crippen LogP) is 6.57. The molecule has 2 aliphatic carbocycles. The maximum atomic E-state index is 14.2. The lowest BCUT2D eigenvalue weighted by atomic mass is 9.68. The monoisotopic (exact) mass is 378 g/mol. The number of carbonyl (C=O) groups is 1. The van der Waals surface area contributed by atoms with Gasteiger partial charge in [-0.25, -0.2) is 4.39 Å². The molecular formula is C23H32F2O2. The van der Waals surface area contributed by atoms with Gasteiger partial charge in [0.05, 0.1) is 12.7 Å². The minimum atomic E-state index is -1.07. The minimum absolute atomic E-state index is 0.128. The zero-order valence-corrected chi connectivity index (χ0v) is 16.6. The van der Waals surface area contributed by atoms with Crippen molar-refractivity contribution in [3.8, 4) is 5.75 Å². The van der Waals surface area contributed by atoms with E-state index in [9.17, 15) is 13.6 Å². The molecule has 0 bridgehead atoms. The topological polar surface area (TPSA) is 26.3 Å². The van der Waals surface area contributed by atoms with E-state index in [0.717, 1.165) is 37.5 Å². The first kappa shape index (κ1) is 20.3. The van der Waals surface area contributed by atoms with Crippen LogP contribution < -0.4 is 4.74 Å². The van der Waals surface area contributed by atoms with Crippen LogP contribution in [0, 0.1) is 35.3 Å². The molecule has 2 nitrogen and oxygen atoms in total. The highest BCUT2D eigenvalue weighted by Gasteiger charge is 2.34. The van der Waals surface area contributed by atoms with E-state index in [1.54, 1.807) is 0 Å². The van der Waals surface area contributed by atoms with E-state index in [4.69, 9.17) is 4.74 Å². The second-order valence-corrected chi connectivity index (χ2v) is 8.49. The minimum Gasteiger partial charge on any atom is -0.494 e. The zero-order chi connectivity index (χ0) is 19.4. The van der Waals surface area contributed by atoms with E-state index < -0.39 is 11.6 Å². The van der Waals surface area contributed by atoms with Gasteiger partial charge in [-0.05, 0) is 68.4 Å². The Hall–Kier alpha value is -1.45. The summed E-state index contributed by atoms with van der Waals surface area (Å²) in [5, 5.41) is 0. The van der Waals surface area contributed by atoms with Crippen molar-refractivity contribution in [1.82, 2.24) is 0 Å². The molecule has 0 saturated heterocycles. The third-order valence-electron chi connectivity index (χ3n) is 6.93. The van der Waals surface area contributed by atoms with Gasteiger partial charge in [0.15, 0.2) is 17.3 Å². The van der Waals surface area contributed by atoms with Crippen LogP contribution in [0.15, 0.2) is 12.1 Å². The van der Waals surface area contributed by atoms with E-state index in [0.29, 0.717) is 5.92 Å². The number of Topliss-reactive ketones (excluding diaryl/α,β-unsaturated/α-hetero) is 1. The quantitative estimate of drug-likeness (QED) is 0.523. The van der Waals surface area contributed by atoms with Crippen LogP contribution in [0.2, 0.25) is 0 Å². The third kappa shape index (κ3) is 4.52. The van der Waals surface area contributed by atoms with Crippen molar-refractivity contribution in [2.75, 3.05) is 7.11 Å². The molecule has 150 valence electrons. The molecule has 0 spiro atoms. The van der Waals surface area contributed by atoms with Gasteiger partial charge >= 0.3 is 0 Å². The summed E-state index contributed by atoms with van der Waals surface area (Å²) in [6, 6.07) is 2.70. The van der Waals surface area contributed by atoms with Gasteiger partial charge in [0, 0.05) is 5.92 Å². The largest absolute Gasteiger partial charge is 0.494 e. The van der Waals surface area contributed by atoms with E-state index >= 15 is 0 Å². The lowest BCUT2D eigenvalue weighted by molar-refractivity contribution is 0.0823. The van der Waals surface area contributed by atoms with Crippen molar-refractivity contribution < 1.29 is 18.3 Å². The average Bonchev–Trinajstić information content (AvgIpc) is 2.70. The van der Waals surface area contributed by atoms with Crippen molar-refractivity contribution in [3.05, 3.63) is 29.3 Å². The summed E-state index contributed by atoms with van der Waals surface area (Å²) in [7, 11) is 1.29. The average molecular weight is 379 g/mol. The molecule has 0 unspecified atom stereocenters. The molecule has 0 aliphatic heterocycles. The first-order valence-corrected chi connectivity index (χ1v) is 10.6. The van der Waals surface area contributed by atoms with Crippen molar-refractivity contribution in [2.45, 2.75) is 71.1 Å². The molecule has 0 aromatic heterocycles. The highest BCUT2D eigenvalue weighted by atomic mass is 19.2. The Balaban J connectivity index is 1.55. The van der Waals surface area contributed by atoms with Gasteiger partial charge in [0.1, 0.15) is 0 Å². The van der Waals surface area contributed by atoms with Gasteiger partial charge in [0.25, 0.3) is 0 Å². The number of rotatable bonds is 6. The second-order valence-electron chi connectivity index (χ2n) is 8.49. The molecule has 0 N–H and O–H groups in total. The van der Waals surface area contributed by atoms with Gasteiger partial charge in [-0.1, -0.05) is 32.6 Å². The maximum absolute atomic E-state index is 14.2. The van der Waals surface area contributed by atoms with Crippen LogP contribution in [0.4, 0.5) is 8.78 Å². The summed E-state index contributed by atoms with van der Waals surface area (Å²) in [5.41, 5.74) is -0.128. The number of ketones is 1. The SMILES string of the molecule is CCCC1CCC(C2CCC(C(=O)c3ccc(OC)c(F)c3F)CC2)CC1. The van der Waals surface area contributed by atoms with Crippen LogP contribution in [0.5, 0.6) is 5.75 Å². The lowest BCUT2D eigenvalue weighted by Gasteiger charge is -2.37. The van der Waals surface area contributed by atoms with Crippen LogP contribution in [-0.4, -0.2) is 12.9 Å². The first-order valence-electron chi connectivity index (χ1n) is 10.6. The number of benzene rings is 1. The van der Waals surface area contributed by atoms with Gasteiger partial charge in [-0.2, -0.15) is 4.39 Å². The van der Waals surface area contributed by atoms with E-state index in [1.807, 2.05) is 0 Å². The molecule has 2 fully saturated rings. The molecule has 0 heterocycles. The Morgan fingerprint density at radius 3 is 2.11 bits per heavy atom.